The lowest BCUT2D eigenvalue weighted by molar-refractivity contribution is -0.166. The van der Waals surface area contributed by atoms with E-state index in [-0.39, 0.29) is 18.1 Å². The molecule has 1 unspecified atom stereocenters. The Kier molecular flexibility index (Phi) is 8.84. The molecule has 1 aliphatic rings. The van der Waals surface area contributed by atoms with Crippen LogP contribution in [0.2, 0.25) is 0 Å². The summed E-state index contributed by atoms with van der Waals surface area (Å²) in [6, 6.07) is 6.60. The maximum absolute atomic E-state index is 12.4. The van der Waals surface area contributed by atoms with Gasteiger partial charge in [-0.3, -0.25) is 4.79 Å². The molecule has 6 nitrogen and oxygen atoms in total. The minimum atomic E-state index is -0.967. The molecule has 1 saturated heterocycles. The number of allylic oxidation sites excluding steroid dienone is 2. The van der Waals surface area contributed by atoms with Crippen LogP contribution in [-0.2, 0) is 16.1 Å². The average molecular weight is 433 g/mol. The maximum atomic E-state index is 12.4. The fourth-order valence-corrected chi connectivity index (χ4v) is 3.50. The highest BCUT2D eigenvalue weighted by Crippen LogP contribution is 2.27. The number of hydrogen-bond acceptors (Lipinski definition) is 4. The molecule has 162 valence electrons. The number of carbonyl (C=O) groups is 2. The van der Waals surface area contributed by atoms with Gasteiger partial charge < -0.3 is 20.1 Å². The van der Waals surface area contributed by atoms with E-state index in [1.165, 1.54) is 0 Å². The van der Waals surface area contributed by atoms with E-state index in [1.807, 2.05) is 6.08 Å². The molecule has 1 fully saturated rings. The predicted octanol–water partition coefficient (Wildman–Crippen LogP) is 3.74. The van der Waals surface area contributed by atoms with Crippen LogP contribution in [0.3, 0.4) is 0 Å². The first-order valence-corrected chi connectivity index (χ1v) is 10.3. The Morgan fingerprint density at radius 1 is 1.40 bits per heavy atom. The summed E-state index contributed by atoms with van der Waals surface area (Å²) >= 11 is 5.99. The molecular formula is C23H29ClN2O4. The van der Waals surface area contributed by atoms with Crippen molar-refractivity contribution in [3.8, 4) is 0 Å². The number of carboxylic acids is 1. The Hall–Kier alpha value is -2.41. The van der Waals surface area contributed by atoms with Gasteiger partial charge in [0.2, 0.25) is 5.91 Å². The average Bonchev–Trinajstić information content (AvgIpc) is 2.73. The summed E-state index contributed by atoms with van der Waals surface area (Å²) in [6.07, 6.45) is 5.01. The topological polar surface area (TPSA) is 78.9 Å². The molecule has 30 heavy (non-hydrogen) atoms. The first kappa shape index (κ1) is 23.9. The number of benzene rings is 1. The molecule has 1 atom stereocenters. The van der Waals surface area contributed by atoms with Crippen molar-refractivity contribution in [1.82, 2.24) is 10.2 Å². The zero-order chi connectivity index (χ0) is 22.1. The summed E-state index contributed by atoms with van der Waals surface area (Å²) in [5.41, 5.74) is 1.56. The number of hydrogen-bond donors (Lipinski definition) is 2. The highest BCUT2D eigenvalue weighted by molar-refractivity contribution is 6.31. The van der Waals surface area contributed by atoms with E-state index < -0.39 is 11.6 Å². The lowest BCUT2D eigenvalue weighted by Crippen LogP contribution is -2.54. The third-order valence-corrected chi connectivity index (χ3v) is 5.54. The Bertz CT molecular complexity index is 819. The number of nitrogens with one attached hydrogen (secondary N) is 1. The van der Waals surface area contributed by atoms with E-state index in [9.17, 15) is 9.59 Å². The molecule has 0 bridgehead atoms. The number of morpholine rings is 1. The van der Waals surface area contributed by atoms with Crippen LogP contribution in [0.25, 0.3) is 0 Å². The third-order valence-electron chi connectivity index (χ3n) is 5.29. The van der Waals surface area contributed by atoms with E-state index in [4.69, 9.17) is 21.4 Å². The van der Waals surface area contributed by atoms with Gasteiger partial charge in [0.15, 0.2) is 0 Å². The van der Waals surface area contributed by atoms with Gasteiger partial charge in [-0.15, -0.1) is 0 Å². The summed E-state index contributed by atoms with van der Waals surface area (Å²) in [6.45, 7) is 11.7. The fourth-order valence-electron chi connectivity index (χ4n) is 3.37. The first-order chi connectivity index (χ1) is 14.3. The number of nitrogens with zero attached hydrogens (tertiary/aromatic N) is 1. The van der Waals surface area contributed by atoms with Crippen LogP contribution < -0.4 is 5.32 Å². The van der Waals surface area contributed by atoms with E-state index in [1.54, 1.807) is 35.2 Å². The van der Waals surface area contributed by atoms with Crippen LogP contribution in [0.1, 0.15) is 35.7 Å². The Morgan fingerprint density at radius 3 is 2.67 bits per heavy atom. The van der Waals surface area contributed by atoms with Gasteiger partial charge in [0, 0.05) is 18.1 Å². The van der Waals surface area contributed by atoms with Crippen molar-refractivity contribution in [1.29, 1.82) is 0 Å². The fraction of sp³-hybridized carbons (Fsp3) is 0.391. The van der Waals surface area contributed by atoms with E-state index >= 15 is 0 Å². The zero-order valence-corrected chi connectivity index (χ0v) is 18.1. The van der Waals surface area contributed by atoms with Crippen molar-refractivity contribution < 1.29 is 19.4 Å². The molecule has 7 heteroatoms. The smallest absolute Gasteiger partial charge is 0.335 e. The van der Waals surface area contributed by atoms with Gasteiger partial charge in [0.1, 0.15) is 6.61 Å². The quantitative estimate of drug-likeness (QED) is 0.411. The second kappa shape index (κ2) is 11.1. The Labute approximate surface area is 182 Å². The second-order valence-electron chi connectivity index (χ2n) is 7.34. The van der Waals surface area contributed by atoms with Crippen molar-refractivity contribution in [3.05, 3.63) is 71.3 Å². The Balaban J connectivity index is 1.97. The van der Waals surface area contributed by atoms with Crippen LogP contribution >= 0.6 is 11.6 Å². The van der Waals surface area contributed by atoms with Crippen LogP contribution in [0, 0.1) is 0 Å². The number of aromatic carboxylic acids is 1. The molecule has 2 rings (SSSR count). The number of ether oxygens (including phenoxy) is 1. The summed E-state index contributed by atoms with van der Waals surface area (Å²) in [5, 5.41) is 12.9. The van der Waals surface area contributed by atoms with Gasteiger partial charge in [-0.25, -0.2) is 4.79 Å². The van der Waals surface area contributed by atoms with Gasteiger partial charge in [-0.2, -0.15) is 0 Å². The van der Waals surface area contributed by atoms with Crippen molar-refractivity contribution in [2.24, 2.45) is 0 Å². The molecule has 0 aromatic heterocycles. The molecule has 1 aromatic carbocycles. The van der Waals surface area contributed by atoms with Crippen molar-refractivity contribution >= 4 is 23.5 Å². The number of carbonyl (C=O) groups excluding carboxylic acids is 1. The highest BCUT2D eigenvalue weighted by Gasteiger charge is 2.38. The van der Waals surface area contributed by atoms with E-state index in [0.29, 0.717) is 31.2 Å². The van der Waals surface area contributed by atoms with Gasteiger partial charge in [0.25, 0.3) is 0 Å². The molecule has 1 aromatic rings. The van der Waals surface area contributed by atoms with Gasteiger partial charge in [-0.05, 0) is 42.7 Å². The van der Waals surface area contributed by atoms with Crippen LogP contribution in [-0.4, -0.2) is 53.7 Å². The summed E-state index contributed by atoms with van der Waals surface area (Å²) < 4.78 is 5.96. The minimum Gasteiger partial charge on any atom is -0.478 e. The molecule has 0 radical (unpaired) electrons. The normalized spacial score (nSPS) is 19.6. The van der Waals surface area contributed by atoms with Crippen LogP contribution in [0.5, 0.6) is 0 Å². The van der Waals surface area contributed by atoms with Crippen molar-refractivity contribution in [2.45, 2.75) is 31.9 Å². The van der Waals surface area contributed by atoms with Gasteiger partial charge >= 0.3 is 5.97 Å². The zero-order valence-electron chi connectivity index (χ0n) is 17.3. The molecule has 2 N–H and O–H groups in total. The molecule has 1 amide bonds. The van der Waals surface area contributed by atoms with E-state index in [0.717, 1.165) is 24.0 Å². The SMILES string of the molecule is C=C/C=C(/CNCCC1(CC)CN(Cc2ccc(C(=O)O)cc2)C(=O)CO1)C(=C)Cl. The number of amides is 1. The predicted molar refractivity (Wildman–Crippen MR) is 119 cm³/mol. The molecule has 1 heterocycles. The summed E-state index contributed by atoms with van der Waals surface area (Å²) in [7, 11) is 0. The van der Waals surface area contributed by atoms with Crippen molar-refractivity contribution in [2.75, 3.05) is 26.2 Å². The number of halogens is 1. The van der Waals surface area contributed by atoms with E-state index in [2.05, 4.69) is 25.4 Å². The minimum absolute atomic E-state index is 0.0428. The van der Waals surface area contributed by atoms with Crippen LogP contribution in [0.15, 0.2) is 60.2 Å². The lowest BCUT2D eigenvalue weighted by atomic mass is 9.93. The lowest BCUT2D eigenvalue weighted by Gasteiger charge is -2.42. The first-order valence-electron chi connectivity index (χ1n) is 9.91. The van der Waals surface area contributed by atoms with Crippen molar-refractivity contribution in [3.63, 3.8) is 0 Å². The van der Waals surface area contributed by atoms with Gasteiger partial charge in [0.05, 0.1) is 17.7 Å². The van der Waals surface area contributed by atoms with Gasteiger partial charge in [-0.1, -0.05) is 56.0 Å². The summed E-state index contributed by atoms with van der Waals surface area (Å²) in [5.74, 6) is -1.03. The maximum Gasteiger partial charge on any atom is 0.335 e. The summed E-state index contributed by atoms with van der Waals surface area (Å²) in [4.78, 5) is 25.2. The largest absolute Gasteiger partial charge is 0.478 e. The molecule has 1 aliphatic heterocycles. The second-order valence-corrected chi connectivity index (χ2v) is 7.79. The third kappa shape index (κ3) is 6.55. The standard InChI is InChI=1S/C23H29ClN2O4/c1-4-6-20(17(3)24)13-25-12-11-23(5-2)16-26(21(27)15-30-23)14-18-7-9-19(10-8-18)22(28)29/h4,6-10,25H,1,3,5,11-16H2,2H3,(H,28,29)/b20-6-. The molecule has 0 saturated carbocycles. The number of carboxylic acid groups (broad SMARTS) is 1. The molecular weight excluding hydrogens is 404 g/mol. The highest BCUT2D eigenvalue weighted by atomic mass is 35.5. The monoisotopic (exact) mass is 432 g/mol. The van der Waals surface area contributed by atoms with Crippen LogP contribution in [0.4, 0.5) is 0 Å². The Morgan fingerprint density at radius 2 is 2.10 bits per heavy atom. The molecule has 0 aliphatic carbocycles. The number of rotatable bonds is 11. The molecule has 0 spiro atoms.